The van der Waals surface area contributed by atoms with Crippen LogP contribution in [-0.2, 0) is 0 Å². The van der Waals surface area contributed by atoms with E-state index in [2.05, 4.69) is 4.52 Å². The summed E-state index contributed by atoms with van der Waals surface area (Å²) in [5, 5.41) is 9.33. The molecule has 0 saturated carbocycles. The molecule has 0 aromatic heterocycles. The molecule has 1 unspecified atom stereocenters. The summed E-state index contributed by atoms with van der Waals surface area (Å²) >= 11 is 0. The third-order valence-corrected chi connectivity index (χ3v) is 8.11. The van der Waals surface area contributed by atoms with E-state index in [-0.39, 0.29) is 15.0 Å². The standard InChI is InChI=1S/C6H11N3O7P3/c10-8-17(11)7-18(12,13)9(19(8,14)15)16-6-4-2-1-3-5-6/h1-5,10-15H/q+1. The molecule has 0 spiro atoms. The number of para-hydroxylation sites is 1. The lowest BCUT2D eigenvalue weighted by Gasteiger charge is -2.33. The molecule has 0 saturated heterocycles. The molecule has 0 amide bonds. The van der Waals surface area contributed by atoms with Gasteiger partial charge in [0.05, 0.1) is 4.60 Å². The maximum absolute atomic E-state index is 9.72. The first-order chi connectivity index (χ1) is 8.75. The lowest BCUT2D eigenvalue weighted by molar-refractivity contribution is 0.000519. The molecule has 0 bridgehead atoms. The van der Waals surface area contributed by atoms with E-state index in [0.717, 1.165) is 0 Å². The Morgan fingerprint density at radius 1 is 1.21 bits per heavy atom. The van der Waals surface area contributed by atoms with Crippen LogP contribution < -0.4 is 4.84 Å². The molecule has 0 aliphatic carbocycles. The molecular formula is C6H11N3O7P3+. The van der Waals surface area contributed by atoms with Crippen LogP contribution in [0.1, 0.15) is 0 Å². The fraction of sp³-hybridized carbons (Fsp3) is 0. The summed E-state index contributed by atoms with van der Waals surface area (Å²) in [6.07, 6.45) is 0. The Morgan fingerprint density at radius 2 is 1.79 bits per heavy atom. The predicted octanol–water partition coefficient (Wildman–Crippen LogP) is 0.799. The van der Waals surface area contributed by atoms with Gasteiger partial charge in [0.25, 0.3) is 0 Å². The quantitative estimate of drug-likeness (QED) is 0.433. The first-order valence-corrected chi connectivity index (χ1v) is 9.10. The Kier molecular flexibility index (Phi) is 4.23. The Balaban J connectivity index is 2.38. The van der Waals surface area contributed by atoms with Crippen molar-refractivity contribution in [3.63, 3.8) is 0 Å². The van der Waals surface area contributed by atoms with E-state index in [4.69, 9.17) is 4.84 Å². The highest BCUT2D eigenvalue weighted by Crippen LogP contribution is 2.79. The lowest BCUT2D eigenvalue weighted by atomic mass is 10.3. The van der Waals surface area contributed by atoms with Crippen LogP contribution in [-0.4, -0.2) is 38.9 Å². The summed E-state index contributed by atoms with van der Waals surface area (Å²) in [6, 6.07) is 7.63. The molecule has 19 heavy (non-hydrogen) atoms. The number of benzene rings is 1. The summed E-state index contributed by atoms with van der Waals surface area (Å²) in [4.78, 5) is 52.9. The van der Waals surface area contributed by atoms with Crippen LogP contribution in [0.2, 0.25) is 0 Å². The van der Waals surface area contributed by atoms with Crippen molar-refractivity contribution in [2.24, 2.45) is 4.52 Å². The van der Waals surface area contributed by atoms with E-state index in [1.807, 2.05) is 0 Å². The van der Waals surface area contributed by atoms with E-state index in [1.54, 1.807) is 18.2 Å². The van der Waals surface area contributed by atoms with Crippen LogP contribution >= 0.6 is 24.1 Å². The fourth-order valence-corrected chi connectivity index (χ4v) is 6.59. The molecule has 1 heterocycles. The highest BCUT2D eigenvalue weighted by Gasteiger charge is 2.66. The van der Waals surface area contributed by atoms with E-state index >= 15 is 0 Å². The number of nitrogens with zero attached hydrogens (tertiary/aromatic N) is 3. The molecule has 1 atom stereocenters. The smallest absolute Gasteiger partial charge is 0.359 e. The highest BCUT2D eigenvalue weighted by molar-refractivity contribution is 7.81. The minimum absolute atomic E-state index is 0.0182. The fourth-order valence-electron chi connectivity index (χ4n) is 1.20. The second-order valence-electron chi connectivity index (χ2n) is 3.36. The van der Waals surface area contributed by atoms with Crippen LogP contribution in [0.15, 0.2) is 34.8 Å². The second kappa shape index (κ2) is 5.29. The van der Waals surface area contributed by atoms with Gasteiger partial charge in [0.15, 0.2) is 10.4 Å². The molecule has 10 nitrogen and oxygen atoms in total. The monoisotopic (exact) mass is 330 g/mol. The summed E-state index contributed by atoms with van der Waals surface area (Å²) in [5.74, 6) is 0.0650. The topological polar surface area (TPSA) is 149 Å². The van der Waals surface area contributed by atoms with Gasteiger partial charge in [0.1, 0.15) is 0 Å². The normalized spacial score (nSPS) is 26.7. The van der Waals surface area contributed by atoms with Gasteiger partial charge in [-0.15, -0.1) is 0 Å². The van der Waals surface area contributed by atoms with Crippen molar-refractivity contribution in [1.29, 1.82) is 0 Å². The Hall–Kier alpha value is -0.210. The number of hydrogen-bond acceptors (Lipinski definition) is 8. The van der Waals surface area contributed by atoms with Crippen molar-refractivity contribution < 1.29 is 34.5 Å². The Morgan fingerprint density at radius 3 is 2.37 bits per heavy atom. The van der Waals surface area contributed by atoms with Crippen LogP contribution in [0.3, 0.4) is 0 Å². The Labute approximate surface area is 109 Å². The maximum Gasteiger partial charge on any atom is 0.508 e. The summed E-state index contributed by atoms with van der Waals surface area (Å²) in [6.45, 7) is 0. The minimum Gasteiger partial charge on any atom is -0.359 e. The van der Waals surface area contributed by atoms with Gasteiger partial charge in [-0.25, -0.2) is 0 Å². The van der Waals surface area contributed by atoms with Crippen LogP contribution in [0.25, 0.3) is 0 Å². The lowest BCUT2D eigenvalue weighted by Crippen LogP contribution is -2.34. The molecular weight excluding hydrogens is 319 g/mol. The first kappa shape index (κ1) is 15.2. The van der Waals surface area contributed by atoms with Gasteiger partial charge >= 0.3 is 24.1 Å². The van der Waals surface area contributed by atoms with Gasteiger partial charge in [-0.3, -0.25) is 5.21 Å². The number of rotatable bonds is 2. The van der Waals surface area contributed by atoms with E-state index < -0.39 is 24.1 Å². The summed E-state index contributed by atoms with van der Waals surface area (Å²) in [5.41, 5.74) is 0. The third-order valence-electron chi connectivity index (χ3n) is 1.99. The van der Waals surface area contributed by atoms with Crippen molar-refractivity contribution in [2.75, 3.05) is 0 Å². The molecule has 1 aromatic carbocycles. The average Bonchev–Trinajstić information content (AvgIpc) is 2.34. The highest BCUT2D eigenvalue weighted by atomic mass is 31.3. The van der Waals surface area contributed by atoms with Gasteiger partial charge in [0, 0.05) is 0 Å². The second-order valence-corrected chi connectivity index (χ2v) is 8.87. The van der Waals surface area contributed by atoms with Crippen molar-refractivity contribution in [1.82, 2.24) is 9.21 Å². The maximum atomic E-state index is 9.72. The van der Waals surface area contributed by atoms with Crippen molar-refractivity contribution in [3.8, 4) is 5.75 Å². The van der Waals surface area contributed by atoms with Crippen molar-refractivity contribution >= 4 is 24.1 Å². The van der Waals surface area contributed by atoms with E-state index in [0.29, 0.717) is 0 Å². The third kappa shape index (κ3) is 2.95. The zero-order valence-electron chi connectivity index (χ0n) is 9.16. The zero-order valence-corrected chi connectivity index (χ0v) is 11.8. The van der Waals surface area contributed by atoms with Crippen molar-refractivity contribution in [3.05, 3.63) is 30.3 Å². The van der Waals surface area contributed by atoms with E-state index in [1.165, 1.54) is 12.1 Å². The predicted molar refractivity (Wildman–Crippen MR) is 66.8 cm³/mol. The zero-order chi connectivity index (χ0) is 14.3. The summed E-state index contributed by atoms with van der Waals surface area (Å²) < 4.78 is 2.87. The molecule has 6 N–H and O–H groups in total. The molecule has 1 aliphatic rings. The van der Waals surface area contributed by atoms with Gasteiger partial charge in [-0.05, 0) is 12.1 Å². The van der Waals surface area contributed by atoms with E-state index in [9.17, 15) is 29.7 Å². The van der Waals surface area contributed by atoms with Crippen LogP contribution in [0, 0.1) is 0 Å². The largest absolute Gasteiger partial charge is 0.508 e. The van der Waals surface area contributed by atoms with Gasteiger partial charge < -0.3 is 19.5 Å². The SMILES string of the molecule is ON1P(O)N=P(O)(O)N(Oc2ccccc2)[P+]1(O)O. The molecule has 106 valence electrons. The van der Waals surface area contributed by atoms with Gasteiger partial charge in [-0.1, -0.05) is 18.2 Å². The van der Waals surface area contributed by atoms with Gasteiger partial charge in [-0.2, -0.15) is 14.3 Å². The summed E-state index contributed by atoms with van der Waals surface area (Å²) in [7, 11) is -12.0. The Bertz CT molecular complexity index is 508. The molecule has 0 fully saturated rings. The average molecular weight is 330 g/mol. The minimum atomic E-state index is -4.65. The number of hydrogen-bond donors (Lipinski definition) is 6. The van der Waals surface area contributed by atoms with Crippen molar-refractivity contribution in [2.45, 2.75) is 0 Å². The molecule has 13 heteroatoms. The van der Waals surface area contributed by atoms with Gasteiger partial charge in [0.2, 0.25) is 0 Å². The van der Waals surface area contributed by atoms with Crippen LogP contribution in [0.4, 0.5) is 0 Å². The molecule has 2 rings (SSSR count). The molecule has 1 aromatic rings. The van der Waals surface area contributed by atoms with Crippen LogP contribution in [0.5, 0.6) is 5.75 Å². The molecule has 0 radical (unpaired) electrons. The molecule has 1 aliphatic heterocycles. The first-order valence-electron chi connectivity index (χ1n) is 4.70.